The molecule has 0 unspecified atom stereocenters. The first kappa shape index (κ1) is 19.0. The lowest BCUT2D eigenvalue weighted by Gasteiger charge is -2.23. The number of amides is 1. The molecule has 2 aromatic rings. The lowest BCUT2D eigenvalue weighted by atomic mass is 9.85. The van der Waals surface area contributed by atoms with Crippen LogP contribution in [0.5, 0.6) is 0 Å². The second-order valence-corrected chi connectivity index (χ2v) is 6.96. The largest absolute Gasteiger partial charge is 0.455 e. The van der Waals surface area contributed by atoms with E-state index < -0.39 is 17.3 Å². The second-order valence-electron chi connectivity index (χ2n) is 6.55. The number of esters is 1. The van der Waals surface area contributed by atoms with Crippen LogP contribution in [0.4, 0.5) is 5.69 Å². The highest BCUT2D eigenvalue weighted by Gasteiger charge is 2.31. The first-order valence-electron chi connectivity index (χ1n) is 8.01. The summed E-state index contributed by atoms with van der Waals surface area (Å²) < 4.78 is 5.20. The zero-order chi connectivity index (χ0) is 18.6. The van der Waals surface area contributed by atoms with Gasteiger partial charge in [0.15, 0.2) is 6.61 Å². The fraction of sp³-hybridized carbons (Fsp3) is 0.300. The molecule has 1 amide bonds. The summed E-state index contributed by atoms with van der Waals surface area (Å²) in [6.07, 6.45) is 0. The summed E-state index contributed by atoms with van der Waals surface area (Å²) in [5, 5.41) is 3.16. The Kier molecular flexibility index (Phi) is 5.85. The van der Waals surface area contributed by atoms with Gasteiger partial charge in [0.1, 0.15) is 0 Å². The van der Waals surface area contributed by atoms with Crippen LogP contribution in [-0.4, -0.2) is 18.5 Å². The molecule has 1 N–H and O–H groups in total. The lowest BCUT2D eigenvalue weighted by molar-refractivity contribution is -0.152. The van der Waals surface area contributed by atoms with Crippen molar-refractivity contribution in [2.75, 3.05) is 11.9 Å². The number of halogens is 1. The zero-order valence-corrected chi connectivity index (χ0v) is 15.6. The van der Waals surface area contributed by atoms with Crippen LogP contribution in [0.3, 0.4) is 0 Å². The van der Waals surface area contributed by atoms with Crippen LogP contribution >= 0.6 is 11.6 Å². The number of carbonyl (C=O) groups is 2. The molecule has 0 saturated carbocycles. The second kappa shape index (κ2) is 7.70. The van der Waals surface area contributed by atoms with Crippen LogP contribution in [0, 0.1) is 13.8 Å². The SMILES string of the molecule is Cc1cc(C)c(NC(=O)COC(=O)C(C)(C)c2ccccc2)c(Cl)c1. The van der Waals surface area contributed by atoms with Crippen molar-refractivity contribution in [2.45, 2.75) is 33.1 Å². The highest BCUT2D eigenvalue weighted by molar-refractivity contribution is 6.34. The summed E-state index contributed by atoms with van der Waals surface area (Å²) in [4.78, 5) is 24.5. The highest BCUT2D eigenvalue weighted by Crippen LogP contribution is 2.27. The molecular formula is C20H22ClNO3. The third-order valence-electron chi connectivity index (χ3n) is 4.04. The van der Waals surface area contributed by atoms with Crippen LogP contribution < -0.4 is 5.32 Å². The summed E-state index contributed by atoms with van der Waals surface area (Å²) in [7, 11) is 0. The Morgan fingerprint density at radius 2 is 1.76 bits per heavy atom. The molecule has 0 radical (unpaired) electrons. The maximum absolute atomic E-state index is 12.4. The van der Waals surface area contributed by atoms with Gasteiger partial charge in [-0.05, 0) is 50.5 Å². The summed E-state index contributed by atoms with van der Waals surface area (Å²) in [6, 6.07) is 13.0. The van der Waals surface area contributed by atoms with Gasteiger partial charge in [-0.2, -0.15) is 0 Å². The summed E-state index contributed by atoms with van der Waals surface area (Å²) in [6.45, 7) is 6.96. The Hall–Kier alpha value is -2.33. The van der Waals surface area contributed by atoms with Crippen LogP contribution in [-0.2, 0) is 19.7 Å². The van der Waals surface area contributed by atoms with Crippen molar-refractivity contribution in [1.82, 2.24) is 0 Å². The number of aryl methyl sites for hydroxylation is 2. The molecule has 0 aliphatic rings. The average Bonchev–Trinajstić information content (AvgIpc) is 2.56. The van der Waals surface area contributed by atoms with Crippen LogP contribution in [0.15, 0.2) is 42.5 Å². The fourth-order valence-corrected chi connectivity index (χ4v) is 2.90. The lowest BCUT2D eigenvalue weighted by Crippen LogP contribution is -2.33. The number of ether oxygens (including phenoxy) is 1. The molecule has 0 atom stereocenters. The Morgan fingerprint density at radius 3 is 2.36 bits per heavy atom. The molecular weight excluding hydrogens is 338 g/mol. The molecule has 2 rings (SSSR count). The van der Waals surface area contributed by atoms with Gasteiger partial charge >= 0.3 is 5.97 Å². The maximum Gasteiger partial charge on any atom is 0.316 e. The van der Waals surface area contributed by atoms with E-state index in [1.54, 1.807) is 19.9 Å². The van der Waals surface area contributed by atoms with Gasteiger partial charge in [-0.1, -0.05) is 48.0 Å². The normalized spacial score (nSPS) is 11.1. The van der Waals surface area contributed by atoms with E-state index in [9.17, 15) is 9.59 Å². The van der Waals surface area contributed by atoms with Gasteiger partial charge in [0.25, 0.3) is 5.91 Å². The molecule has 25 heavy (non-hydrogen) atoms. The molecule has 0 aliphatic carbocycles. The highest BCUT2D eigenvalue weighted by atomic mass is 35.5. The van der Waals surface area contributed by atoms with Gasteiger partial charge in [-0.15, -0.1) is 0 Å². The molecule has 0 aromatic heterocycles. The predicted molar refractivity (Wildman–Crippen MR) is 100.0 cm³/mol. The minimum absolute atomic E-state index is 0.362. The smallest absolute Gasteiger partial charge is 0.316 e. The summed E-state index contributed by atoms with van der Waals surface area (Å²) in [5.74, 6) is -0.883. The van der Waals surface area contributed by atoms with Gasteiger partial charge in [0.2, 0.25) is 0 Å². The van der Waals surface area contributed by atoms with Crippen molar-refractivity contribution < 1.29 is 14.3 Å². The molecule has 4 nitrogen and oxygen atoms in total. The number of benzene rings is 2. The molecule has 5 heteroatoms. The molecule has 0 spiro atoms. The van der Waals surface area contributed by atoms with Crippen molar-refractivity contribution in [3.8, 4) is 0 Å². The maximum atomic E-state index is 12.4. The first-order valence-corrected chi connectivity index (χ1v) is 8.39. The van der Waals surface area contributed by atoms with Crippen LogP contribution in [0.2, 0.25) is 5.02 Å². The van der Waals surface area contributed by atoms with E-state index in [0.717, 1.165) is 16.7 Å². The number of anilines is 1. The van der Waals surface area contributed by atoms with Gasteiger partial charge in [-0.25, -0.2) is 0 Å². The Labute approximate surface area is 153 Å². The van der Waals surface area contributed by atoms with Gasteiger partial charge < -0.3 is 10.1 Å². The van der Waals surface area contributed by atoms with Gasteiger partial charge in [0, 0.05) is 0 Å². The Morgan fingerprint density at radius 1 is 1.12 bits per heavy atom. The minimum Gasteiger partial charge on any atom is -0.455 e. The third kappa shape index (κ3) is 4.60. The van der Waals surface area contributed by atoms with Crippen molar-refractivity contribution >= 4 is 29.2 Å². The molecule has 132 valence electrons. The molecule has 0 saturated heterocycles. The Bertz CT molecular complexity index is 762. The Balaban J connectivity index is 1.99. The van der Waals surface area contributed by atoms with E-state index in [1.807, 2.05) is 50.2 Å². The van der Waals surface area contributed by atoms with E-state index >= 15 is 0 Å². The first-order chi connectivity index (χ1) is 11.7. The van der Waals surface area contributed by atoms with Crippen LogP contribution in [0.25, 0.3) is 0 Å². The standard InChI is InChI=1S/C20H22ClNO3/c1-13-10-14(2)18(16(21)11-13)22-17(23)12-25-19(24)20(3,4)15-8-6-5-7-9-15/h5-11H,12H2,1-4H3,(H,22,23). The van der Waals surface area contributed by atoms with Crippen molar-refractivity contribution in [3.05, 3.63) is 64.2 Å². The van der Waals surface area contributed by atoms with Crippen molar-refractivity contribution in [3.63, 3.8) is 0 Å². The predicted octanol–water partition coefficient (Wildman–Crippen LogP) is 4.42. The quantitative estimate of drug-likeness (QED) is 0.804. The van der Waals surface area contributed by atoms with E-state index in [1.165, 1.54) is 0 Å². The van der Waals surface area contributed by atoms with Gasteiger partial charge in [0.05, 0.1) is 16.1 Å². The van der Waals surface area contributed by atoms with Crippen molar-refractivity contribution in [2.24, 2.45) is 0 Å². The number of carbonyl (C=O) groups excluding carboxylic acids is 2. The molecule has 2 aromatic carbocycles. The van der Waals surface area contributed by atoms with E-state index in [-0.39, 0.29) is 6.61 Å². The zero-order valence-electron chi connectivity index (χ0n) is 14.9. The molecule has 0 bridgehead atoms. The number of hydrogen-bond acceptors (Lipinski definition) is 3. The number of rotatable bonds is 5. The minimum atomic E-state index is -0.834. The third-order valence-corrected chi connectivity index (χ3v) is 4.33. The van der Waals surface area contributed by atoms with E-state index in [2.05, 4.69) is 5.32 Å². The van der Waals surface area contributed by atoms with Gasteiger partial charge in [-0.3, -0.25) is 9.59 Å². The topological polar surface area (TPSA) is 55.4 Å². The van der Waals surface area contributed by atoms with Crippen molar-refractivity contribution in [1.29, 1.82) is 0 Å². The summed E-state index contributed by atoms with van der Waals surface area (Å²) >= 11 is 6.17. The van der Waals surface area contributed by atoms with E-state index in [0.29, 0.717) is 10.7 Å². The monoisotopic (exact) mass is 359 g/mol. The average molecular weight is 360 g/mol. The molecule has 0 aliphatic heterocycles. The van der Waals surface area contributed by atoms with E-state index in [4.69, 9.17) is 16.3 Å². The fourth-order valence-electron chi connectivity index (χ4n) is 2.53. The van der Waals surface area contributed by atoms with Crippen LogP contribution in [0.1, 0.15) is 30.5 Å². The number of nitrogens with one attached hydrogen (secondary N) is 1. The number of hydrogen-bond donors (Lipinski definition) is 1. The molecule has 0 heterocycles. The molecule has 0 fully saturated rings. The summed E-state index contributed by atoms with van der Waals surface area (Å²) in [5.41, 5.74) is 2.40.